The van der Waals surface area contributed by atoms with Gasteiger partial charge < -0.3 is 36.2 Å². The molecule has 9 nitrogen and oxygen atoms in total. The Morgan fingerprint density at radius 3 is 2.50 bits per heavy atom. The third-order valence-electron chi connectivity index (χ3n) is 3.19. The van der Waals surface area contributed by atoms with Crippen molar-refractivity contribution in [2.75, 3.05) is 6.61 Å². The first kappa shape index (κ1) is 16.8. The Balaban J connectivity index is 2.94. The summed E-state index contributed by atoms with van der Waals surface area (Å²) in [5.41, 5.74) is 5.81. The standard InChI is InChI=1S/C11H20N2O7/c1-4(15)13-8-5(12)2-7(11(18)19)20-10(8)9(17)6(16)3-14/h5-10,14,16-17H,2-3,12H2,1H3,(H,13,15)(H,18,19)/t5-,6+,7?,8+,9+,10+/m0/s1. The van der Waals surface area contributed by atoms with Crippen molar-refractivity contribution in [1.29, 1.82) is 0 Å². The molecule has 0 aromatic rings. The van der Waals surface area contributed by atoms with Crippen LogP contribution in [0.5, 0.6) is 0 Å². The van der Waals surface area contributed by atoms with Crippen LogP contribution in [0.3, 0.4) is 0 Å². The molecule has 0 spiro atoms. The minimum absolute atomic E-state index is 0.0429. The molecule has 0 aliphatic carbocycles. The first-order chi connectivity index (χ1) is 9.27. The number of nitrogens with two attached hydrogens (primary N) is 1. The van der Waals surface area contributed by atoms with Crippen molar-refractivity contribution in [3.05, 3.63) is 0 Å². The van der Waals surface area contributed by atoms with Crippen LogP contribution in [0.1, 0.15) is 13.3 Å². The topological polar surface area (TPSA) is 162 Å². The van der Waals surface area contributed by atoms with Crippen LogP contribution in [-0.4, -0.2) is 75.4 Å². The van der Waals surface area contributed by atoms with Gasteiger partial charge in [-0.05, 0) is 0 Å². The van der Waals surface area contributed by atoms with Gasteiger partial charge in [0.25, 0.3) is 0 Å². The van der Waals surface area contributed by atoms with E-state index in [2.05, 4.69) is 5.32 Å². The summed E-state index contributed by atoms with van der Waals surface area (Å²) in [7, 11) is 0. The first-order valence-corrected chi connectivity index (χ1v) is 6.15. The minimum atomic E-state index is -1.58. The Kier molecular flexibility index (Phi) is 5.84. The number of carbonyl (C=O) groups excluding carboxylic acids is 1. The van der Waals surface area contributed by atoms with Crippen LogP contribution >= 0.6 is 0 Å². The largest absolute Gasteiger partial charge is 0.479 e. The molecule has 0 saturated carbocycles. The Bertz CT molecular complexity index is 365. The maximum Gasteiger partial charge on any atom is 0.332 e. The monoisotopic (exact) mass is 292 g/mol. The maximum atomic E-state index is 11.1. The summed E-state index contributed by atoms with van der Waals surface area (Å²) in [6.45, 7) is 0.503. The second-order valence-corrected chi connectivity index (χ2v) is 4.79. The lowest BCUT2D eigenvalue weighted by atomic mass is 9.89. The molecule has 1 rings (SSSR count). The zero-order chi connectivity index (χ0) is 15.4. The van der Waals surface area contributed by atoms with Crippen LogP contribution in [0.25, 0.3) is 0 Å². The van der Waals surface area contributed by atoms with Gasteiger partial charge in [0.15, 0.2) is 6.10 Å². The van der Waals surface area contributed by atoms with Crippen LogP contribution in [0.4, 0.5) is 0 Å². The number of rotatable bonds is 5. The fourth-order valence-corrected chi connectivity index (χ4v) is 2.17. The molecule has 1 unspecified atom stereocenters. The second-order valence-electron chi connectivity index (χ2n) is 4.79. The van der Waals surface area contributed by atoms with Crippen LogP contribution in [0, 0.1) is 0 Å². The lowest BCUT2D eigenvalue weighted by Crippen LogP contribution is -2.65. The highest BCUT2D eigenvalue weighted by molar-refractivity contribution is 5.74. The van der Waals surface area contributed by atoms with Crippen molar-refractivity contribution in [3.63, 3.8) is 0 Å². The highest BCUT2D eigenvalue weighted by atomic mass is 16.5. The highest BCUT2D eigenvalue weighted by Crippen LogP contribution is 2.23. The Morgan fingerprint density at radius 2 is 2.05 bits per heavy atom. The average Bonchev–Trinajstić information content (AvgIpc) is 2.38. The van der Waals surface area contributed by atoms with E-state index < -0.39 is 55.0 Å². The molecule has 1 aliphatic rings. The zero-order valence-corrected chi connectivity index (χ0v) is 11.0. The molecule has 0 bridgehead atoms. The predicted octanol–water partition coefficient (Wildman–Crippen LogP) is -3.23. The van der Waals surface area contributed by atoms with Crippen LogP contribution in [0.15, 0.2) is 0 Å². The zero-order valence-electron chi connectivity index (χ0n) is 11.0. The fraction of sp³-hybridized carbons (Fsp3) is 0.818. The predicted molar refractivity (Wildman–Crippen MR) is 65.6 cm³/mol. The van der Waals surface area contributed by atoms with Crippen molar-refractivity contribution < 1.29 is 34.8 Å². The Hall–Kier alpha value is -1.26. The average molecular weight is 292 g/mol. The van der Waals surface area contributed by atoms with E-state index in [0.29, 0.717) is 0 Å². The molecule has 1 fully saturated rings. The number of aliphatic hydroxyl groups is 3. The molecule has 1 saturated heterocycles. The lowest BCUT2D eigenvalue weighted by Gasteiger charge is -2.42. The van der Waals surface area contributed by atoms with Crippen LogP contribution in [0.2, 0.25) is 0 Å². The van der Waals surface area contributed by atoms with Gasteiger partial charge in [-0.1, -0.05) is 0 Å². The first-order valence-electron chi connectivity index (χ1n) is 6.15. The normalized spacial score (nSPS) is 33.2. The number of nitrogens with one attached hydrogen (secondary N) is 1. The minimum Gasteiger partial charge on any atom is -0.479 e. The molecule has 0 aromatic heterocycles. The Labute approximate surface area is 115 Å². The third kappa shape index (κ3) is 3.87. The molecule has 0 radical (unpaired) electrons. The molecule has 116 valence electrons. The van der Waals surface area contributed by atoms with Gasteiger partial charge in [0.05, 0.1) is 12.6 Å². The summed E-state index contributed by atoms with van der Waals surface area (Å²) in [4.78, 5) is 22.1. The van der Waals surface area contributed by atoms with Gasteiger partial charge in [0.2, 0.25) is 5.91 Å². The van der Waals surface area contributed by atoms with Crippen LogP contribution < -0.4 is 11.1 Å². The summed E-state index contributed by atoms with van der Waals surface area (Å²) >= 11 is 0. The van der Waals surface area contributed by atoms with E-state index in [1.165, 1.54) is 6.92 Å². The van der Waals surface area contributed by atoms with Crippen molar-refractivity contribution in [2.24, 2.45) is 5.73 Å². The van der Waals surface area contributed by atoms with Gasteiger partial charge in [0.1, 0.15) is 18.3 Å². The third-order valence-corrected chi connectivity index (χ3v) is 3.19. The molecule has 7 N–H and O–H groups in total. The number of aliphatic carboxylic acids is 1. The summed E-state index contributed by atoms with van der Waals surface area (Å²) in [6.07, 6.45) is -5.63. The smallest absolute Gasteiger partial charge is 0.332 e. The quantitative estimate of drug-likeness (QED) is 0.308. The van der Waals surface area contributed by atoms with E-state index in [4.69, 9.17) is 20.7 Å². The van der Waals surface area contributed by atoms with E-state index in [1.807, 2.05) is 0 Å². The van der Waals surface area contributed by atoms with Gasteiger partial charge in [-0.3, -0.25) is 4.79 Å². The summed E-state index contributed by atoms with van der Waals surface area (Å²) in [5.74, 6) is -1.68. The molecule has 1 amide bonds. The lowest BCUT2D eigenvalue weighted by molar-refractivity contribution is -0.183. The van der Waals surface area contributed by atoms with Crippen molar-refractivity contribution in [3.8, 4) is 0 Å². The fourth-order valence-electron chi connectivity index (χ4n) is 2.17. The van der Waals surface area contributed by atoms with Gasteiger partial charge >= 0.3 is 5.97 Å². The van der Waals surface area contributed by atoms with Gasteiger partial charge in [0, 0.05) is 19.4 Å². The summed E-state index contributed by atoms with van der Waals surface area (Å²) in [5, 5.41) is 39.6. The SMILES string of the molecule is CC(=O)N[C@H]1[C@H]([C@H](O)[C@H](O)CO)OC(C(=O)O)C[C@@H]1N. The molecule has 0 aromatic carbocycles. The maximum absolute atomic E-state index is 11.1. The summed E-state index contributed by atoms with van der Waals surface area (Å²) in [6, 6.07) is -1.63. The van der Waals surface area contributed by atoms with E-state index >= 15 is 0 Å². The van der Waals surface area contributed by atoms with Gasteiger partial charge in [-0.15, -0.1) is 0 Å². The molecule has 9 heteroatoms. The highest BCUT2D eigenvalue weighted by Gasteiger charge is 2.45. The summed E-state index contributed by atoms with van der Waals surface area (Å²) < 4.78 is 5.20. The Morgan fingerprint density at radius 1 is 1.45 bits per heavy atom. The molecule has 1 aliphatic heterocycles. The number of carboxylic acids is 1. The number of carboxylic acid groups (broad SMARTS) is 1. The number of hydrogen-bond acceptors (Lipinski definition) is 7. The van der Waals surface area contributed by atoms with E-state index in [0.717, 1.165) is 0 Å². The van der Waals surface area contributed by atoms with E-state index in [1.54, 1.807) is 0 Å². The number of carbonyl (C=O) groups is 2. The van der Waals surface area contributed by atoms with Crippen molar-refractivity contribution >= 4 is 11.9 Å². The molecular weight excluding hydrogens is 272 g/mol. The number of aliphatic hydroxyl groups excluding tert-OH is 3. The number of hydrogen-bond donors (Lipinski definition) is 6. The van der Waals surface area contributed by atoms with Gasteiger partial charge in [-0.2, -0.15) is 0 Å². The molecule has 1 heterocycles. The van der Waals surface area contributed by atoms with Crippen LogP contribution in [-0.2, 0) is 14.3 Å². The van der Waals surface area contributed by atoms with E-state index in [-0.39, 0.29) is 6.42 Å². The van der Waals surface area contributed by atoms with E-state index in [9.17, 15) is 19.8 Å². The molecular formula is C11H20N2O7. The second kappa shape index (κ2) is 6.95. The van der Waals surface area contributed by atoms with Gasteiger partial charge in [-0.25, -0.2) is 4.79 Å². The van der Waals surface area contributed by atoms with Crippen molar-refractivity contribution in [1.82, 2.24) is 5.32 Å². The molecule has 6 atom stereocenters. The molecule has 20 heavy (non-hydrogen) atoms. The van der Waals surface area contributed by atoms with Crippen molar-refractivity contribution in [2.45, 2.75) is 49.8 Å². The number of ether oxygens (including phenoxy) is 1. The number of amides is 1.